The van der Waals surface area contributed by atoms with Crippen molar-refractivity contribution >= 4 is 19.8 Å². The van der Waals surface area contributed by atoms with Gasteiger partial charge in [0.1, 0.15) is 43.2 Å². The summed E-state index contributed by atoms with van der Waals surface area (Å²) >= 11 is 0. The highest BCUT2D eigenvalue weighted by Crippen LogP contribution is 2.47. The Labute approximate surface area is 381 Å². The molecule has 1 aliphatic carbocycles. The third-order valence-electron chi connectivity index (χ3n) is 9.70. The molecule has 0 aliphatic heterocycles. The highest BCUT2D eigenvalue weighted by molar-refractivity contribution is 7.47. The lowest BCUT2D eigenvalue weighted by Crippen LogP contribution is -2.64. The third-order valence-corrected chi connectivity index (χ3v) is 10.7. The Hall–Kier alpha value is -3.53. The van der Waals surface area contributed by atoms with Gasteiger partial charge in [0.25, 0.3) is 0 Å². The Kier molecular flexibility index (Phi) is 34.4. The summed E-state index contributed by atoms with van der Waals surface area (Å²) in [4.78, 5) is 35.7. The van der Waals surface area contributed by atoms with Crippen molar-refractivity contribution in [2.75, 3.05) is 13.2 Å². The number of rotatable bonds is 35. The summed E-state index contributed by atoms with van der Waals surface area (Å²) < 4.78 is 33.4. The molecular formula is C49H77O14P. The van der Waals surface area contributed by atoms with Crippen LogP contribution < -0.4 is 0 Å². The number of aliphatic hydroxyl groups excluding tert-OH is 6. The first-order valence-corrected chi connectivity index (χ1v) is 24.3. The summed E-state index contributed by atoms with van der Waals surface area (Å²) in [5, 5.41) is 60.0. The molecule has 15 heteroatoms. The van der Waals surface area contributed by atoms with E-state index in [9.17, 15) is 49.7 Å². The van der Waals surface area contributed by atoms with Gasteiger partial charge in [0.05, 0.1) is 12.7 Å². The summed E-state index contributed by atoms with van der Waals surface area (Å²) in [5.74, 6) is -1.26. The van der Waals surface area contributed by atoms with E-state index in [4.69, 9.17) is 18.5 Å². The molecule has 362 valence electrons. The Balaban J connectivity index is 2.56. The maximum absolute atomic E-state index is 12.8. The van der Waals surface area contributed by atoms with Crippen LogP contribution in [0.1, 0.15) is 123 Å². The van der Waals surface area contributed by atoms with Gasteiger partial charge in [-0.15, -0.1) is 0 Å². The highest BCUT2D eigenvalue weighted by Gasteiger charge is 2.51. The van der Waals surface area contributed by atoms with Gasteiger partial charge in [-0.05, 0) is 77.0 Å². The number of carbonyl (C=O) groups excluding carboxylic acids is 2. The molecule has 4 unspecified atom stereocenters. The lowest BCUT2D eigenvalue weighted by Gasteiger charge is -2.41. The SMILES string of the molecule is CC/C=C\C/C=C\C/C=C\C/C=C\C/C=C\C/C=C\CCC(=O)O[C@H](COC(=O)CCCCCCC/C=C/C=C/C(O)C/C=C/CC)COP(=O)(O)OC1[C@H](O)[C@H](O)C(O)[C@H](O)[C@H]1O. The van der Waals surface area contributed by atoms with Crippen molar-refractivity contribution in [1.29, 1.82) is 0 Å². The van der Waals surface area contributed by atoms with Crippen LogP contribution in [0.3, 0.4) is 0 Å². The van der Waals surface area contributed by atoms with E-state index < -0.39 is 81.8 Å². The number of hydrogen-bond acceptors (Lipinski definition) is 13. The second-order valence-electron chi connectivity index (χ2n) is 15.3. The first-order chi connectivity index (χ1) is 30.8. The van der Waals surface area contributed by atoms with Crippen LogP contribution in [0.2, 0.25) is 0 Å². The summed E-state index contributed by atoms with van der Waals surface area (Å²) in [6.45, 7) is 2.87. The number of phosphoric ester groups is 1. The number of esters is 2. The summed E-state index contributed by atoms with van der Waals surface area (Å²) in [7, 11) is -5.16. The van der Waals surface area contributed by atoms with Crippen molar-refractivity contribution < 1.29 is 68.2 Å². The van der Waals surface area contributed by atoms with Gasteiger partial charge in [-0.25, -0.2) is 4.57 Å². The number of hydrogen-bond donors (Lipinski definition) is 7. The van der Waals surface area contributed by atoms with Crippen LogP contribution in [0.25, 0.3) is 0 Å². The van der Waals surface area contributed by atoms with Crippen LogP contribution in [0.4, 0.5) is 0 Å². The molecule has 0 amide bonds. The second kappa shape index (κ2) is 37.7. The van der Waals surface area contributed by atoms with E-state index in [0.717, 1.165) is 70.6 Å². The van der Waals surface area contributed by atoms with E-state index in [-0.39, 0.29) is 12.8 Å². The number of aliphatic hydroxyl groups is 6. The zero-order valence-electron chi connectivity index (χ0n) is 37.9. The topological polar surface area (TPSA) is 230 Å². The predicted molar refractivity (Wildman–Crippen MR) is 250 cm³/mol. The molecule has 1 aliphatic rings. The molecule has 1 rings (SSSR count). The minimum Gasteiger partial charge on any atom is -0.462 e. The summed E-state index contributed by atoms with van der Waals surface area (Å²) in [6.07, 6.45) is 34.8. The zero-order chi connectivity index (χ0) is 47.3. The standard InChI is InChI=1S/C49H77O14P/c1-3-5-7-8-9-10-11-12-13-14-15-16-17-18-19-22-26-29-33-37-43(52)62-41(39-61-64(58,59)63-49-47(56)45(54)44(53)46(55)48(49)57)38-60-42(51)36-32-28-25-23-20-21-24-27-31-35-40(50)34-30-6-4-2/h5-7,9-10,12-13,15-16,18-19,24,26-27,29-31,35,40-41,44-50,53-57H,3-4,8,11,14,17,20-23,25,28,32-34,36-39H2,1-2H3,(H,58,59)/b7-5-,10-9-,13-12-,16-15-,19-18-,27-24+,29-26-,30-6+,35-31+/t40?,41-,44?,45-,46+,47-,48-,49?/m1/s1. The number of carbonyl (C=O) groups is 2. The Bertz CT molecular complexity index is 1550. The van der Waals surface area contributed by atoms with E-state index >= 15 is 0 Å². The minimum atomic E-state index is -5.16. The van der Waals surface area contributed by atoms with Gasteiger partial charge in [-0.1, -0.05) is 142 Å². The largest absolute Gasteiger partial charge is 0.472 e. The predicted octanol–water partition coefficient (Wildman–Crippen LogP) is 7.80. The van der Waals surface area contributed by atoms with Gasteiger partial charge in [-0.3, -0.25) is 18.6 Å². The Morgan fingerprint density at radius 2 is 1.06 bits per heavy atom. The smallest absolute Gasteiger partial charge is 0.462 e. The molecule has 0 saturated heterocycles. The number of unbranched alkanes of at least 4 members (excludes halogenated alkanes) is 5. The maximum Gasteiger partial charge on any atom is 0.472 e. The molecule has 1 saturated carbocycles. The van der Waals surface area contributed by atoms with Crippen molar-refractivity contribution in [3.8, 4) is 0 Å². The summed E-state index contributed by atoms with van der Waals surface area (Å²) in [6, 6.07) is 0. The highest BCUT2D eigenvalue weighted by atomic mass is 31.2. The van der Waals surface area contributed by atoms with E-state index in [1.165, 1.54) is 0 Å². The minimum absolute atomic E-state index is 0.0506. The number of allylic oxidation sites excluding steroid dienone is 16. The molecule has 0 bridgehead atoms. The van der Waals surface area contributed by atoms with Crippen molar-refractivity contribution in [1.82, 2.24) is 0 Å². The molecule has 0 heterocycles. The molecular weight excluding hydrogens is 843 g/mol. The average molecular weight is 921 g/mol. The normalized spacial score (nSPS) is 23.1. The molecule has 64 heavy (non-hydrogen) atoms. The van der Waals surface area contributed by atoms with Crippen molar-refractivity contribution in [3.05, 3.63) is 109 Å². The van der Waals surface area contributed by atoms with Gasteiger partial charge < -0.3 is 45.0 Å². The van der Waals surface area contributed by atoms with Gasteiger partial charge in [0.2, 0.25) is 0 Å². The van der Waals surface area contributed by atoms with E-state index in [2.05, 4.69) is 55.5 Å². The van der Waals surface area contributed by atoms with Gasteiger partial charge in [0, 0.05) is 12.8 Å². The lowest BCUT2D eigenvalue weighted by molar-refractivity contribution is -0.220. The van der Waals surface area contributed by atoms with Crippen molar-refractivity contribution in [2.45, 2.75) is 172 Å². The van der Waals surface area contributed by atoms with Crippen LogP contribution in [0.5, 0.6) is 0 Å². The van der Waals surface area contributed by atoms with Gasteiger partial charge >= 0.3 is 19.8 Å². The second-order valence-corrected chi connectivity index (χ2v) is 16.7. The molecule has 14 nitrogen and oxygen atoms in total. The van der Waals surface area contributed by atoms with Crippen LogP contribution in [-0.4, -0.2) is 110 Å². The number of ether oxygens (including phenoxy) is 2. The fourth-order valence-corrected chi connectivity index (χ4v) is 7.03. The van der Waals surface area contributed by atoms with Crippen LogP contribution in [0, 0.1) is 0 Å². The Morgan fingerprint density at radius 3 is 1.64 bits per heavy atom. The monoisotopic (exact) mass is 921 g/mol. The van der Waals surface area contributed by atoms with E-state index in [1.54, 1.807) is 6.08 Å². The third kappa shape index (κ3) is 29.8. The maximum atomic E-state index is 12.8. The molecule has 9 atom stereocenters. The van der Waals surface area contributed by atoms with E-state index in [0.29, 0.717) is 25.7 Å². The molecule has 0 spiro atoms. The molecule has 0 aromatic carbocycles. The molecule has 7 N–H and O–H groups in total. The average Bonchev–Trinajstić information content (AvgIpc) is 3.27. The van der Waals surface area contributed by atoms with E-state index in [1.807, 2.05) is 61.6 Å². The molecule has 1 fully saturated rings. The first kappa shape index (κ1) is 58.5. The quantitative estimate of drug-likeness (QED) is 0.0106. The van der Waals surface area contributed by atoms with Gasteiger partial charge in [0.15, 0.2) is 6.10 Å². The zero-order valence-corrected chi connectivity index (χ0v) is 38.8. The van der Waals surface area contributed by atoms with Crippen molar-refractivity contribution in [3.63, 3.8) is 0 Å². The van der Waals surface area contributed by atoms with Crippen LogP contribution >= 0.6 is 7.82 Å². The van der Waals surface area contributed by atoms with Crippen LogP contribution in [-0.2, 0) is 32.7 Å². The fourth-order valence-electron chi connectivity index (χ4n) is 6.05. The lowest BCUT2D eigenvalue weighted by atomic mass is 9.85. The van der Waals surface area contributed by atoms with Crippen molar-refractivity contribution in [2.24, 2.45) is 0 Å². The Morgan fingerprint density at radius 1 is 0.562 bits per heavy atom. The molecule has 0 aromatic heterocycles. The summed E-state index contributed by atoms with van der Waals surface area (Å²) in [5.41, 5.74) is 0. The molecule has 0 radical (unpaired) electrons. The fraction of sp³-hybridized carbons (Fsp3) is 0.592. The van der Waals surface area contributed by atoms with Crippen LogP contribution in [0.15, 0.2) is 109 Å². The first-order valence-electron chi connectivity index (χ1n) is 22.8. The number of phosphoric acid groups is 1. The van der Waals surface area contributed by atoms with Gasteiger partial charge in [-0.2, -0.15) is 0 Å². The molecule has 0 aromatic rings.